The molecule has 0 spiro atoms. The summed E-state index contributed by atoms with van der Waals surface area (Å²) in [5.41, 5.74) is 1.18. The van der Waals surface area contributed by atoms with Crippen LogP contribution in [0.5, 0.6) is 5.75 Å². The second kappa shape index (κ2) is 6.38. The molecule has 1 aromatic carbocycles. The van der Waals surface area contributed by atoms with E-state index in [2.05, 4.69) is 27.3 Å². The van der Waals surface area contributed by atoms with E-state index in [1.54, 1.807) is 7.11 Å². The molecule has 1 aliphatic rings. The van der Waals surface area contributed by atoms with Crippen molar-refractivity contribution < 1.29 is 9.47 Å². The zero-order chi connectivity index (χ0) is 12.1. The lowest BCUT2D eigenvalue weighted by Gasteiger charge is -2.12. The molecular weight excluding hydrogens is 282 g/mol. The van der Waals surface area contributed by atoms with E-state index >= 15 is 0 Å². The van der Waals surface area contributed by atoms with Crippen LogP contribution in [0.25, 0.3) is 0 Å². The number of nitrogens with one attached hydrogen (secondary N) is 1. The Labute approximate surface area is 111 Å². The third kappa shape index (κ3) is 3.69. The van der Waals surface area contributed by atoms with E-state index < -0.39 is 0 Å². The fourth-order valence-electron chi connectivity index (χ4n) is 2.04. The van der Waals surface area contributed by atoms with E-state index in [0.29, 0.717) is 5.92 Å². The fraction of sp³-hybridized carbons (Fsp3) is 0.538. The highest BCUT2D eigenvalue weighted by Crippen LogP contribution is 2.22. The highest BCUT2D eigenvalue weighted by atomic mass is 79.9. The standard InChI is InChI=1S/C13H18BrNO2/c1-16-13-3-2-12(14)6-11(13)8-15-7-10-4-5-17-9-10/h2-3,6,10,15H,4-5,7-9H2,1H3. The first kappa shape index (κ1) is 12.9. The van der Waals surface area contributed by atoms with E-state index in [1.165, 1.54) is 12.0 Å². The van der Waals surface area contributed by atoms with Gasteiger partial charge >= 0.3 is 0 Å². The van der Waals surface area contributed by atoms with Gasteiger partial charge in [0.1, 0.15) is 5.75 Å². The lowest BCUT2D eigenvalue weighted by atomic mass is 10.1. The summed E-state index contributed by atoms with van der Waals surface area (Å²) in [7, 11) is 1.71. The zero-order valence-corrected chi connectivity index (χ0v) is 11.6. The first-order valence-electron chi connectivity index (χ1n) is 5.90. The van der Waals surface area contributed by atoms with Gasteiger partial charge in [0.25, 0.3) is 0 Å². The van der Waals surface area contributed by atoms with Crippen molar-refractivity contribution in [2.45, 2.75) is 13.0 Å². The molecule has 0 saturated carbocycles. The molecule has 0 bridgehead atoms. The molecule has 0 aliphatic carbocycles. The molecule has 1 saturated heterocycles. The Morgan fingerprint density at radius 1 is 1.53 bits per heavy atom. The Hall–Kier alpha value is -0.580. The minimum atomic E-state index is 0.660. The second-order valence-corrected chi connectivity index (χ2v) is 5.23. The number of hydrogen-bond donors (Lipinski definition) is 1. The molecule has 1 unspecified atom stereocenters. The number of benzene rings is 1. The predicted molar refractivity (Wildman–Crippen MR) is 71.3 cm³/mol. The van der Waals surface area contributed by atoms with Gasteiger partial charge in [-0.3, -0.25) is 0 Å². The van der Waals surface area contributed by atoms with Crippen LogP contribution in [0, 0.1) is 5.92 Å². The Balaban J connectivity index is 1.86. The van der Waals surface area contributed by atoms with Crippen molar-refractivity contribution in [1.29, 1.82) is 0 Å². The SMILES string of the molecule is COc1ccc(Br)cc1CNCC1CCOC1. The molecule has 1 fully saturated rings. The van der Waals surface area contributed by atoms with E-state index in [0.717, 1.165) is 36.5 Å². The van der Waals surface area contributed by atoms with E-state index in [-0.39, 0.29) is 0 Å². The summed E-state index contributed by atoms with van der Waals surface area (Å²) in [5, 5.41) is 3.46. The van der Waals surface area contributed by atoms with Crippen LogP contribution in [0.2, 0.25) is 0 Å². The maximum atomic E-state index is 5.35. The van der Waals surface area contributed by atoms with Gasteiger partial charge in [0.15, 0.2) is 0 Å². The molecule has 94 valence electrons. The summed E-state index contributed by atoms with van der Waals surface area (Å²) < 4.78 is 11.8. The Kier molecular flexibility index (Phi) is 4.83. The number of methoxy groups -OCH3 is 1. The lowest BCUT2D eigenvalue weighted by Crippen LogP contribution is -2.22. The average Bonchev–Trinajstić information content (AvgIpc) is 2.82. The smallest absolute Gasteiger partial charge is 0.123 e. The van der Waals surface area contributed by atoms with E-state index in [9.17, 15) is 0 Å². The summed E-state index contributed by atoms with van der Waals surface area (Å²) in [6.07, 6.45) is 1.17. The van der Waals surface area contributed by atoms with Crippen LogP contribution in [0.15, 0.2) is 22.7 Å². The molecule has 1 heterocycles. The Morgan fingerprint density at radius 2 is 2.41 bits per heavy atom. The normalized spacial score (nSPS) is 19.5. The van der Waals surface area contributed by atoms with Crippen LogP contribution in [0.3, 0.4) is 0 Å². The van der Waals surface area contributed by atoms with E-state index in [1.807, 2.05) is 12.1 Å². The molecule has 1 N–H and O–H groups in total. The third-order valence-electron chi connectivity index (χ3n) is 3.01. The molecule has 0 aromatic heterocycles. The molecule has 1 aromatic rings. The first-order valence-corrected chi connectivity index (χ1v) is 6.70. The highest BCUT2D eigenvalue weighted by Gasteiger charge is 2.15. The van der Waals surface area contributed by atoms with Crippen molar-refractivity contribution in [2.24, 2.45) is 5.92 Å². The van der Waals surface area contributed by atoms with Gasteiger partial charge < -0.3 is 14.8 Å². The van der Waals surface area contributed by atoms with Crippen molar-refractivity contribution in [2.75, 3.05) is 26.9 Å². The van der Waals surface area contributed by atoms with Gasteiger partial charge in [0, 0.05) is 29.7 Å². The Morgan fingerprint density at radius 3 is 3.12 bits per heavy atom. The lowest BCUT2D eigenvalue weighted by molar-refractivity contribution is 0.185. The van der Waals surface area contributed by atoms with Gasteiger partial charge in [-0.15, -0.1) is 0 Å². The Bertz CT molecular complexity index is 364. The van der Waals surface area contributed by atoms with Gasteiger partial charge in [-0.05, 0) is 30.5 Å². The molecular formula is C13H18BrNO2. The van der Waals surface area contributed by atoms with Crippen molar-refractivity contribution >= 4 is 15.9 Å². The molecule has 2 rings (SSSR count). The third-order valence-corrected chi connectivity index (χ3v) is 3.51. The van der Waals surface area contributed by atoms with Gasteiger partial charge in [-0.1, -0.05) is 15.9 Å². The number of hydrogen-bond acceptors (Lipinski definition) is 3. The van der Waals surface area contributed by atoms with Gasteiger partial charge in [0.05, 0.1) is 13.7 Å². The average molecular weight is 300 g/mol. The van der Waals surface area contributed by atoms with Crippen molar-refractivity contribution in [3.05, 3.63) is 28.2 Å². The van der Waals surface area contributed by atoms with Crippen LogP contribution >= 0.6 is 15.9 Å². The number of ether oxygens (including phenoxy) is 2. The first-order chi connectivity index (χ1) is 8.29. The predicted octanol–water partition coefficient (Wildman–Crippen LogP) is 2.58. The van der Waals surface area contributed by atoms with Crippen LogP contribution in [0.4, 0.5) is 0 Å². The van der Waals surface area contributed by atoms with Gasteiger partial charge in [-0.2, -0.15) is 0 Å². The minimum Gasteiger partial charge on any atom is -0.496 e. The van der Waals surface area contributed by atoms with Crippen molar-refractivity contribution in [1.82, 2.24) is 5.32 Å². The largest absolute Gasteiger partial charge is 0.496 e. The maximum Gasteiger partial charge on any atom is 0.123 e. The molecule has 1 atom stereocenters. The number of rotatable bonds is 5. The number of halogens is 1. The zero-order valence-electron chi connectivity index (χ0n) is 10.0. The fourth-order valence-corrected chi connectivity index (χ4v) is 2.45. The molecule has 17 heavy (non-hydrogen) atoms. The minimum absolute atomic E-state index is 0.660. The molecule has 1 aliphatic heterocycles. The quantitative estimate of drug-likeness (QED) is 0.906. The summed E-state index contributed by atoms with van der Waals surface area (Å²) in [4.78, 5) is 0. The van der Waals surface area contributed by atoms with Gasteiger partial charge in [-0.25, -0.2) is 0 Å². The summed E-state index contributed by atoms with van der Waals surface area (Å²) in [6.45, 7) is 3.64. The van der Waals surface area contributed by atoms with Gasteiger partial charge in [0.2, 0.25) is 0 Å². The van der Waals surface area contributed by atoms with Crippen LogP contribution in [-0.2, 0) is 11.3 Å². The molecule has 0 amide bonds. The molecule has 0 radical (unpaired) electrons. The van der Waals surface area contributed by atoms with Crippen LogP contribution in [0.1, 0.15) is 12.0 Å². The monoisotopic (exact) mass is 299 g/mol. The summed E-state index contributed by atoms with van der Waals surface area (Å²) in [6, 6.07) is 6.07. The summed E-state index contributed by atoms with van der Waals surface area (Å²) in [5.74, 6) is 1.59. The molecule has 3 nitrogen and oxygen atoms in total. The highest BCUT2D eigenvalue weighted by molar-refractivity contribution is 9.10. The van der Waals surface area contributed by atoms with E-state index in [4.69, 9.17) is 9.47 Å². The van der Waals surface area contributed by atoms with Crippen LogP contribution in [-0.4, -0.2) is 26.9 Å². The van der Waals surface area contributed by atoms with Crippen LogP contribution < -0.4 is 10.1 Å². The maximum absolute atomic E-state index is 5.35. The second-order valence-electron chi connectivity index (χ2n) is 4.32. The summed E-state index contributed by atoms with van der Waals surface area (Å²) >= 11 is 3.48. The topological polar surface area (TPSA) is 30.5 Å². The molecule has 4 heteroatoms. The van der Waals surface area contributed by atoms with Crippen molar-refractivity contribution in [3.63, 3.8) is 0 Å². The van der Waals surface area contributed by atoms with Crippen molar-refractivity contribution in [3.8, 4) is 5.75 Å².